The van der Waals surface area contributed by atoms with Crippen molar-refractivity contribution >= 4 is 0 Å². The van der Waals surface area contributed by atoms with Crippen molar-refractivity contribution in [2.75, 3.05) is 27.2 Å². The predicted octanol–water partition coefficient (Wildman–Crippen LogP) is 0.176. The van der Waals surface area contributed by atoms with Gasteiger partial charge in [0.05, 0.1) is 0 Å². The maximum atomic E-state index is 8.56. The first-order valence-electron chi connectivity index (χ1n) is 2.92. The number of aliphatic hydroxyl groups is 1. The monoisotopic (exact) mass is 117 g/mol. The quantitative estimate of drug-likeness (QED) is 0.570. The Bertz CT molecular complexity index is 54.5. The summed E-state index contributed by atoms with van der Waals surface area (Å²) in [4.78, 5) is 2.07. The summed E-state index contributed by atoms with van der Waals surface area (Å²) in [5, 5.41) is 8.56. The third-order valence-electron chi connectivity index (χ3n) is 0.988. The molecule has 0 spiro atoms. The molecule has 0 heterocycles. The SMILES string of the molecule is C[C@H](CO)CN(C)C. The van der Waals surface area contributed by atoms with E-state index < -0.39 is 0 Å². The molecule has 2 heteroatoms. The largest absolute Gasteiger partial charge is 0.396 e. The van der Waals surface area contributed by atoms with Crippen LogP contribution < -0.4 is 0 Å². The van der Waals surface area contributed by atoms with Gasteiger partial charge in [-0.25, -0.2) is 0 Å². The fourth-order valence-corrected chi connectivity index (χ4v) is 0.681. The lowest BCUT2D eigenvalue weighted by molar-refractivity contribution is 0.204. The van der Waals surface area contributed by atoms with Gasteiger partial charge in [-0.2, -0.15) is 0 Å². The number of nitrogens with zero attached hydrogens (tertiary/aromatic N) is 1. The molecule has 0 radical (unpaired) electrons. The molecule has 0 rings (SSSR count). The molecule has 0 aromatic carbocycles. The summed E-state index contributed by atoms with van der Waals surface area (Å²) in [6, 6.07) is 0. The normalized spacial score (nSPS) is 14.6. The first-order chi connectivity index (χ1) is 3.66. The lowest BCUT2D eigenvalue weighted by Crippen LogP contribution is -2.21. The van der Waals surface area contributed by atoms with Crippen LogP contribution in [-0.4, -0.2) is 37.3 Å². The lowest BCUT2D eigenvalue weighted by Gasteiger charge is -2.13. The predicted molar refractivity (Wildman–Crippen MR) is 34.8 cm³/mol. The molecule has 0 saturated heterocycles. The van der Waals surface area contributed by atoms with Crippen molar-refractivity contribution in [2.45, 2.75) is 6.92 Å². The molecule has 0 unspecified atom stereocenters. The van der Waals surface area contributed by atoms with E-state index >= 15 is 0 Å². The molecule has 0 aliphatic carbocycles. The summed E-state index contributed by atoms with van der Waals surface area (Å²) in [6.45, 7) is 3.29. The van der Waals surface area contributed by atoms with E-state index in [0.717, 1.165) is 6.54 Å². The van der Waals surface area contributed by atoms with E-state index in [-0.39, 0.29) is 6.61 Å². The molecule has 0 saturated carbocycles. The Kier molecular flexibility index (Phi) is 3.83. The van der Waals surface area contributed by atoms with Gasteiger partial charge in [0.1, 0.15) is 0 Å². The molecule has 0 fully saturated rings. The van der Waals surface area contributed by atoms with Crippen LogP contribution in [0.3, 0.4) is 0 Å². The first kappa shape index (κ1) is 7.92. The first-order valence-corrected chi connectivity index (χ1v) is 2.92. The second-order valence-corrected chi connectivity index (χ2v) is 2.55. The second-order valence-electron chi connectivity index (χ2n) is 2.55. The highest BCUT2D eigenvalue weighted by Crippen LogP contribution is 1.92. The van der Waals surface area contributed by atoms with E-state index in [1.807, 2.05) is 21.0 Å². The van der Waals surface area contributed by atoms with Gasteiger partial charge in [-0.1, -0.05) is 6.92 Å². The van der Waals surface area contributed by atoms with Crippen LogP contribution in [0.25, 0.3) is 0 Å². The van der Waals surface area contributed by atoms with Crippen LogP contribution in [0.15, 0.2) is 0 Å². The van der Waals surface area contributed by atoms with E-state index in [0.29, 0.717) is 5.92 Å². The molecular formula is C6H15NO. The molecule has 0 aliphatic heterocycles. The fourth-order valence-electron chi connectivity index (χ4n) is 0.681. The van der Waals surface area contributed by atoms with Crippen LogP contribution in [0.2, 0.25) is 0 Å². The topological polar surface area (TPSA) is 23.5 Å². The van der Waals surface area contributed by atoms with Crippen LogP contribution in [0.5, 0.6) is 0 Å². The summed E-state index contributed by atoms with van der Waals surface area (Å²) in [5.74, 6) is 0.407. The van der Waals surface area contributed by atoms with E-state index in [2.05, 4.69) is 4.90 Å². The van der Waals surface area contributed by atoms with Crippen molar-refractivity contribution in [3.63, 3.8) is 0 Å². The third kappa shape index (κ3) is 4.09. The molecule has 0 aromatic heterocycles. The number of aliphatic hydroxyl groups excluding tert-OH is 1. The van der Waals surface area contributed by atoms with Crippen molar-refractivity contribution in [3.8, 4) is 0 Å². The molecule has 0 bridgehead atoms. The number of hydrogen-bond acceptors (Lipinski definition) is 2. The van der Waals surface area contributed by atoms with Gasteiger partial charge >= 0.3 is 0 Å². The van der Waals surface area contributed by atoms with Gasteiger partial charge < -0.3 is 10.0 Å². The second kappa shape index (κ2) is 3.87. The Hall–Kier alpha value is -0.0800. The van der Waals surface area contributed by atoms with Crippen molar-refractivity contribution in [1.82, 2.24) is 4.90 Å². The zero-order chi connectivity index (χ0) is 6.57. The fraction of sp³-hybridized carbons (Fsp3) is 1.00. The Morgan fingerprint density at radius 1 is 1.50 bits per heavy atom. The third-order valence-corrected chi connectivity index (χ3v) is 0.988. The Morgan fingerprint density at radius 3 is 2.12 bits per heavy atom. The average molecular weight is 117 g/mol. The molecular weight excluding hydrogens is 102 g/mol. The van der Waals surface area contributed by atoms with Gasteiger partial charge in [0.25, 0.3) is 0 Å². The Balaban J connectivity index is 3.10. The molecule has 8 heavy (non-hydrogen) atoms. The van der Waals surface area contributed by atoms with Crippen LogP contribution in [0.1, 0.15) is 6.92 Å². The average Bonchev–Trinajstić information content (AvgIpc) is 1.65. The van der Waals surface area contributed by atoms with Crippen LogP contribution in [-0.2, 0) is 0 Å². The summed E-state index contributed by atoms with van der Waals surface area (Å²) >= 11 is 0. The lowest BCUT2D eigenvalue weighted by atomic mass is 10.2. The maximum Gasteiger partial charge on any atom is 0.0468 e. The van der Waals surface area contributed by atoms with E-state index in [9.17, 15) is 0 Å². The summed E-state index contributed by atoms with van der Waals surface area (Å²) in [5.41, 5.74) is 0. The van der Waals surface area contributed by atoms with Gasteiger partial charge in [-0.3, -0.25) is 0 Å². The molecule has 1 atom stereocenters. The Labute approximate surface area is 51.1 Å². The smallest absolute Gasteiger partial charge is 0.0468 e. The van der Waals surface area contributed by atoms with Crippen molar-refractivity contribution in [2.24, 2.45) is 5.92 Å². The van der Waals surface area contributed by atoms with Crippen LogP contribution >= 0.6 is 0 Å². The van der Waals surface area contributed by atoms with E-state index in [1.54, 1.807) is 0 Å². The molecule has 2 nitrogen and oxygen atoms in total. The van der Waals surface area contributed by atoms with Crippen LogP contribution in [0.4, 0.5) is 0 Å². The standard InChI is InChI=1S/C6H15NO/c1-6(5-8)4-7(2)3/h6,8H,4-5H2,1-3H3/t6-/m0/s1. The zero-order valence-electron chi connectivity index (χ0n) is 5.89. The molecule has 50 valence electrons. The summed E-state index contributed by atoms with van der Waals surface area (Å²) < 4.78 is 0. The molecule has 0 amide bonds. The van der Waals surface area contributed by atoms with Gasteiger partial charge in [0.15, 0.2) is 0 Å². The number of rotatable bonds is 3. The van der Waals surface area contributed by atoms with E-state index in [4.69, 9.17) is 5.11 Å². The van der Waals surface area contributed by atoms with Gasteiger partial charge in [0, 0.05) is 13.2 Å². The minimum Gasteiger partial charge on any atom is -0.396 e. The highest BCUT2D eigenvalue weighted by Gasteiger charge is 1.98. The van der Waals surface area contributed by atoms with Crippen molar-refractivity contribution < 1.29 is 5.11 Å². The minimum atomic E-state index is 0.290. The van der Waals surface area contributed by atoms with Crippen LogP contribution in [0, 0.1) is 5.92 Å². The summed E-state index contributed by atoms with van der Waals surface area (Å²) in [7, 11) is 4.01. The Morgan fingerprint density at radius 2 is 2.00 bits per heavy atom. The maximum absolute atomic E-state index is 8.56. The van der Waals surface area contributed by atoms with Gasteiger partial charge in [-0.05, 0) is 20.0 Å². The van der Waals surface area contributed by atoms with Gasteiger partial charge in [-0.15, -0.1) is 0 Å². The zero-order valence-corrected chi connectivity index (χ0v) is 5.89. The highest BCUT2D eigenvalue weighted by atomic mass is 16.3. The number of hydrogen-bond donors (Lipinski definition) is 1. The van der Waals surface area contributed by atoms with Gasteiger partial charge in [0.2, 0.25) is 0 Å². The van der Waals surface area contributed by atoms with Crippen molar-refractivity contribution in [3.05, 3.63) is 0 Å². The molecule has 0 aromatic rings. The highest BCUT2D eigenvalue weighted by molar-refractivity contribution is 4.51. The minimum absolute atomic E-state index is 0.290. The molecule has 0 aliphatic rings. The van der Waals surface area contributed by atoms with E-state index in [1.165, 1.54) is 0 Å². The summed E-state index contributed by atoms with van der Waals surface area (Å²) in [6.07, 6.45) is 0. The molecule has 1 N–H and O–H groups in total. The van der Waals surface area contributed by atoms with Crippen molar-refractivity contribution in [1.29, 1.82) is 0 Å².